The number of nitrogens with zero attached hydrogens (tertiary/aromatic N) is 2. The van der Waals surface area contributed by atoms with Crippen molar-refractivity contribution in [2.45, 2.75) is 56.4 Å². The lowest BCUT2D eigenvalue weighted by molar-refractivity contribution is -0.137. The van der Waals surface area contributed by atoms with E-state index in [0.29, 0.717) is 40.1 Å². The van der Waals surface area contributed by atoms with Crippen LogP contribution in [0.5, 0.6) is 0 Å². The van der Waals surface area contributed by atoms with Crippen LogP contribution in [-0.2, 0) is 21.2 Å². The third kappa shape index (κ3) is 8.66. The molecule has 222 valence electrons. The van der Waals surface area contributed by atoms with Crippen molar-refractivity contribution in [1.29, 1.82) is 5.26 Å². The van der Waals surface area contributed by atoms with Crippen LogP contribution in [0.3, 0.4) is 0 Å². The lowest BCUT2D eigenvalue weighted by Crippen LogP contribution is -2.14. The quantitative estimate of drug-likeness (QED) is 0.146. The van der Waals surface area contributed by atoms with Gasteiger partial charge >= 0.3 is 5.97 Å². The Morgan fingerprint density at radius 1 is 0.814 bits per heavy atom. The highest BCUT2D eigenvalue weighted by Crippen LogP contribution is 2.28. The summed E-state index contributed by atoms with van der Waals surface area (Å²) in [4.78, 5) is 25.3. The SMILES string of the molecule is N#CCCCCCCCS(=O)(=O)c1ccc(-c2cn(CCC(=O)O)cc(-c3cccc(-c4ccc(Cl)cc4)c3)c2=O)cc1. The Balaban J connectivity index is 1.62. The van der Waals surface area contributed by atoms with Crippen LogP contribution in [0.1, 0.15) is 44.9 Å². The second-order valence-electron chi connectivity index (χ2n) is 10.4. The van der Waals surface area contributed by atoms with Gasteiger partial charge in [-0.1, -0.05) is 73.3 Å². The summed E-state index contributed by atoms with van der Waals surface area (Å²) >= 11 is 6.05. The van der Waals surface area contributed by atoms with E-state index in [-0.39, 0.29) is 29.0 Å². The van der Waals surface area contributed by atoms with Gasteiger partial charge in [-0.3, -0.25) is 9.59 Å². The van der Waals surface area contributed by atoms with E-state index in [2.05, 4.69) is 6.07 Å². The lowest BCUT2D eigenvalue weighted by atomic mass is 9.97. The fourth-order valence-corrected chi connectivity index (χ4v) is 6.39. The molecule has 4 rings (SSSR count). The van der Waals surface area contributed by atoms with Gasteiger partial charge in [0.15, 0.2) is 15.3 Å². The van der Waals surface area contributed by atoms with E-state index in [9.17, 15) is 23.1 Å². The molecule has 0 aliphatic heterocycles. The highest BCUT2D eigenvalue weighted by atomic mass is 35.5. The van der Waals surface area contributed by atoms with Crippen molar-refractivity contribution in [3.63, 3.8) is 0 Å². The van der Waals surface area contributed by atoms with Crippen LogP contribution < -0.4 is 5.43 Å². The Bertz CT molecular complexity index is 1770. The van der Waals surface area contributed by atoms with Gasteiger partial charge in [0.2, 0.25) is 0 Å². The Morgan fingerprint density at radius 2 is 1.42 bits per heavy atom. The van der Waals surface area contributed by atoms with Crippen molar-refractivity contribution in [2.24, 2.45) is 0 Å². The molecular formula is C34H33ClN2O5S. The predicted octanol–water partition coefficient (Wildman–Crippen LogP) is 7.62. The van der Waals surface area contributed by atoms with Gasteiger partial charge in [-0.15, -0.1) is 0 Å². The second-order valence-corrected chi connectivity index (χ2v) is 12.9. The van der Waals surface area contributed by atoms with Crippen molar-refractivity contribution in [3.05, 3.63) is 100 Å². The molecule has 0 aliphatic rings. The first-order chi connectivity index (χ1) is 20.7. The molecule has 0 radical (unpaired) electrons. The first-order valence-electron chi connectivity index (χ1n) is 14.2. The molecule has 9 heteroatoms. The Hall–Kier alpha value is -4.19. The van der Waals surface area contributed by atoms with E-state index in [1.165, 1.54) is 12.1 Å². The summed E-state index contributed by atoms with van der Waals surface area (Å²) in [6, 6.07) is 23.3. The van der Waals surface area contributed by atoms with Crippen LogP contribution in [0, 0.1) is 11.3 Å². The normalized spacial score (nSPS) is 11.3. The first kappa shape index (κ1) is 31.7. The number of hydrogen-bond acceptors (Lipinski definition) is 5. The fourth-order valence-electron chi connectivity index (χ4n) is 4.89. The van der Waals surface area contributed by atoms with Crippen molar-refractivity contribution in [3.8, 4) is 39.4 Å². The van der Waals surface area contributed by atoms with Crippen molar-refractivity contribution in [2.75, 3.05) is 5.75 Å². The van der Waals surface area contributed by atoms with Crippen LogP contribution in [0.4, 0.5) is 0 Å². The van der Waals surface area contributed by atoms with E-state index in [4.69, 9.17) is 16.9 Å². The number of hydrogen-bond donors (Lipinski definition) is 1. The van der Waals surface area contributed by atoms with Crippen molar-refractivity contribution >= 4 is 27.4 Å². The smallest absolute Gasteiger partial charge is 0.305 e. The van der Waals surface area contributed by atoms with Gasteiger partial charge in [-0.2, -0.15) is 5.26 Å². The highest BCUT2D eigenvalue weighted by Gasteiger charge is 2.17. The van der Waals surface area contributed by atoms with Crippen LogP contribution >= 0.6 is 11.6 Å². The number of carboxylic acid groups (broad SMARTS) is 1. The molecule has 0 saturated heterocycles. The molecule has 1 heterocycles. The third-order valence-electron chi connectivity index (χ3n) is 7.24. The molecular weight excluding hydrogens is 584 g/mol. The zero-order valence-electron chi connectivity index (χ0n) is 23.7. The Labute approximate surface area is 256 Å². The molecule has 7 nitrogen and oxygen atoms in total. The third-order valence-corrected chi connectivity index (χ3v) is 9.31. The summed E-state index contributed by atoms with van der Waals surface area (Å²) < 4.78 is 27.5. The van der Waals surface area contributed by atoms with Gasteiger partial charge in [-0.25, -0.2) is 8.42 Å². The molecule has 0 fully saturated rings. The molecule has 43 heavy (non-hydrogen) atoms. The van der Waals surface area contributed by atoms with Crippen LogP contribution in [-0.4, -0.2) is 29.8 Å². The molecule has 0 saturated carbocycles. The zero-order valence-corrected chi connectivity index (χ0v) is 25.3. The molecule has 0 spiro atoms. The number of rotatable bonds is 14. The molecule has 1 aromatic heterocycles. The average molecular weight is 617 g/mol. The van der Waals surface area contributed by atoms with Gasteiger partial charge in [-0.05, 0) is 65.4 Å². The monoisotopic (exact) mass is 616 g/mol. The van der Waals surface area contributed by atoms with Gasteiger partial charge in [0, 0.05) is 41.5 Å². The summed E-state index contributed by atoms with van der Waals surface area (Å²) in [5, 5.41) is 18.5. The minimum Gasteiger partial charge on any atom is -0.481 e. The van der Waals surface area contributed by atoms with E-state index in [1.807, 2.05) is 36.4 Å². The molecule has 0 bridgehead atoms. The number of sulfone groups is 1. The van der Waals surface area contributed by atoms with E-state index < -0.39 is 15.8 Å². The molecule has 3 aromatic carbocycles. The minimum atomic E-state index is -3.49. The maximum Gasteiger partial charge on any atom is 0.305 e. The maximum absolute atomic E-state index is 13.8. The lowest BCUT2D eigenvalue weighted by Gasteiger charge is -2.13. The number of benzene rings is 3. The predicted molar refractivity (Wildman–Crippen MR) is 170 cm³/mol. The van der Waals surface area contributed by atoms with Gasteiger partial charge in [0.25, 0.3) is 0 Å². The molecule has 4 aromatic rings. The standard InChI is InChI=1S/C34H33ClN2O5S/c35-29-14-10-25(11-15-29)27-8-7-9-28(22-27)32-24-37(20-18-33(38)39)23-31(34(32)40)26-12-16-30(17-13-26)43(41,42)21-6-4-2-1-3-5-19-36/h7-17,22-24H,1-6,18,20-21H2,(H,38,39). The molecule has 0 atom stereocenters. The van der Waals surface area contributed by atoms with E-state index >= 15 is 0 Å². The van der Waals surface area contributed by atoms with Gasteiger partial charge < -0.3 is 9.67 Å². The summed E-state index contributed by atoms with van der Waals surface area (Å²) in [7, 11) is -3.49. The maximum atomic E-state index is 13.8. The number of aromatic nitrogens is 1. The van der Waals surface area contributed by atoms with Gasteiger partial charge in [0.1, 0.15) is 0 Å². The molecule has 0 amide bonds. The molecule has 1 N–H and O–H groups in total. The number of unbranched alkanes of at least 4 members (excludes halogenated alkanes) is 5. The topological polar surface area (TPSA) is 117 Å². The van der Waals surface area contributed by atoms with Crippen LogP contribution in [0.2, 0.25) is 5.02 Å². The number of halogens is 1. The number of pyridine rings is 1. The summed E-state index contributed by atoms with van der Waals surface area (Å²) in [5.41, 5.74) is 3.56. The fraction of sp³-hybridized carbons (Fsp3) is 0.265. The largest absolute Gasteiger partial charge is 0.481 e. The number of aliphatic carboxylic acids is 1. The molecule has 0 aliphatic carbocycles. The number of carbonyl (C=O) groups is 1. The average Bonchev–Trinajstić information content (AvgIpc) is 3.00. The first-order valence-corrected chi connectivity index (χ1v) is 16.2. The molecule has 0 unspecified atom stereocenters. The number of nitriles is 1. The zero-order chi connectivity index (χ0) is 30.8. The highest BCUT2D eigenvalue weighted by molar-refractivity contribution is 7.91. The van der Waals surface area contributed by atoms with E-state index in [0.717, 1.165) is 36.8 Å². The van der Waals surface area contributed by atoms with Crippen molar-refractivity contribution < 1.29 is 18.3 Å². The summed E-state index contributed by atoms with van der Waals surface area (Å²) in [6.07, 6.45) is 7.64. The summed E-state index contributed by atoms with van der Waals surface area (Å²) in [5.74, 6) is -0.922. The van der Waals surface area contributed by atoms with Crippen LogP contribution in [0.15, 0.2) is 94.9 Å². The Morgan fingerprint density at radius 3 is 2.09 bits per heavy atom. The Kier molecular flexibility index (Phi) is 10.9. The summed E-state index contributed by atoms with van der Waals surface area (Å²) in [6.45, 7) is 0.162. The van der Waals surface area contributed by atoms with Crippen LogP contribution in [0.25, 0.3) is 33.4 Å². The van der Waals surface area contributed by atoms with Crippen molar-refractivity contribution in [1.82, 2.24) is 4.57 Å². The second kappa shape index (κ2) is 14.8. The number of carboxylic acids is 1. The number of aryl methyl sites for hydroxylation is 1. The van der Waals surface area contributed by atoms with Gasteiger partial charge in [0.05, 0.1) is 23.1 Å². The minimum absolute atomic E-state index is 0.0338. The van der Waals surface area contributed by atoms with E-state index in [1.54, 1.807) is 41.2 Å².